The summed E-state index contributed by atoms with van der Waals surface area (Å²) in [6.45, 7) is 5.98. The van der Waals surface area contributed by atoms with Crippen molar-refractivity contribution >= 4 is 28.9 Å². The third kappa shape index (κ3) is 11.6. The molecule has 0 saturated heterocycles. The molecule has 2 unspecified atom stereocenters. The second-order valence-corrected chi connectivity index (χ2v) is 8.84. The Bertz CT molecular complexity index is 785. The van der Waals surface area contributed by atoms with E-state index in [0.29, 0.717) is 18.8 Å². The van der Waals surface area contributed by atoms with Crippen molar-refractivity contribution in [1.29, 1.82) is 0 Å². The Labute approximate surface area is 197 Å². The highest BCUT2D eigenvalue weighted by molar-refractivity contribution is 8.13. The Kier molecular flexibility index (Phi) is 12.9. The first-order chi connectivity index (χ1) is 15.6. The van der Waals surface area contributed by atoms with Crippen LogP contribution in [-0.2, 0) is 30.3 Å². The summed E-state index contributed by atoms with van der Waals surface area (Å²) in [6, 6.07) is 6.81. The number of methoxy groups -OCH3 is 1. The largest absolute Gasteiger partial charge is 0.464 e. The zero-order valence-corrected chi connectivity index (χ0v) is 20.2. The van der Waals surface area contributed by atoms with Crippen LogP contribution in [0.5, 0.6) is 0 Å². The molecule has 0 fully saturated rings. The van der Waals surface area contributed by atoms with E-state index < -0.39 is 23.2 Å². The number of carbonyl (C=O) groups is 3. The van der Waals surface area contributed by atoms with Crippen molar-refractivity contribution in [3.8, 4) is 0 Å². The molecule has 0 spiro atoms. The van der Waals surface area contributed by atoms with E-state index in [1.54, 1.807) is 6.92 Å². The summed E-state index contributed by atoms with van der Waals surface area (Å²) in [5.41, 5.74) is 2.08. The molecular formula is C22H32N2O8S. The highest BCUT2D eigenvalue weighted by atomic mass is 32.2. The number of esters is 1. The lowest BCUT2D eigenvalue weighted by atomic mass is 9.97. The monoisotopic (exact) mass is 484 g/mol. The molecule has 1 amide bonds. The molecule has 0 bridgehead atoms. The number of unbranched alkanes of at least 4 members (excludes halogenated alkanes) is 1. The predicted octanol–water partition coefficient (Wildman–Crippen LogP) is 3.50. The zero-order chi connectivity index (χ0) is 24.8. The summed E-state index contributed by atoms with van der Waals surface area (Å²) < 4.78 is 9.66. The van der Waals surface area contributed by atoms with Gasteiger partial charge in [0.1, 0.15) is 6.04 Å². The molecular weight excluding hydrogens is 452 g/mol. The number of nitrogens with zero attached hydrogens (tertiary/aromatic N) is 1. The third-order valence-electron chi connectivity index (χ3n) is 4.61. The smallest absolute Gasteiger partial charge is 0.407 e. The van der Waals surface area contributed by atoms with Gasteiger partial charge in [-0.25, -0.2) is 9.59 Å². The Balaban J connectivity index is 2.59. The van der Waals surface area contributed by atoms with Crippen molar-refractivity contribution in [3.05, 3.63) is 45.5 Å². The molecule has 0 aliphatic rings. The Morgan fingerprint density at radius 3 is 2.30 bits per heavy atom. The molecule has 11 heteroatoms. The van der Waals surface area contributed by atoms with E-state index in [1.807, 2.05) is 24.3 Å². The maximum atomic E-state index is 12.7. The van der Waals surface area contributed by atoms with E-state index in [0.717, 1.165) is 30.9 Å². The minimum atomic E-state index is -1.08. The molecule has 2 atom stereocenters. The van der Waals surface area contributed by atoms with E-state index in [1.165, 1.54) is 5.56 Å². The van der Waals surface area contributed by atoms with Crippen LogP contribution in [0.1, 0.15) is 50.7 Å². The van der Waals surface area contributed by atoms with Crippen molar-refractivity contribution in [2.24, 2.45) is 5.92 Å². The van der Waals surface area contributed by atoms with Crippen molar-refractivity contribution in [2.45, 2.75) is 52.0 Å². The van der Waals surface area contributed by atoms with Crippen LogP contribution in [0.25, 0.3) is 0 Å². The van der Waals surface area contributed by atoms with Crippen LogP contribution in [-0.4, -0.2) is 54.4 Å². The minimum Gasteiger partial charge on any atom is -0.464 e. The summed E-state index contributed by atoms with van der Waals surface area (Å²) in [5.74, 6) is -0.590. The van der Waals surface area contributed by atoms with Crippen LogP contribution in [0.3, 0.4) is 0 Å². The summed E-state index contributed by atoms with van der Waals surface area (Å²) in [6.07, 6.45) is 0.811. The highest BCUT2D eigenvalue weighted by Gasteiger charge is 2.26. The summed E-state index contributed by atoms with van der Waals surface area (Å²) in [4.78, 5) is 50.9. The number of hydrogen-bond acceptors (Lipinski definition) is 9. The van der Waals surface area contributed by atoms with Gasteiger partial charge in [0.2, 0.25) is 0 Å². The van der Waals surface area contributed by atoms with E-state index in [-0.39, 0.29) is 30.0 Å². The fraction of sp³-hybridized carbons (Fsp3) is 0.591. The van der Waals surface area contributed by atoms with Crippen molar-refractivity contribution in [1.82, 2.24) is 5.32 Å². The van der Waals surface area contributed by atoms with Gasteiger partial charge in [0.15, 0.2) is 5.12 Å². The van der Waals surface area contributed by atoms with E-state index in [9.17, 15) is 24.5 Å². The fourth-order valence-electron chi connectivity index (χ4n) is 2.83. The first kappa shape index (κ1) is 28.2. The standard InChI is InChI=1S/C22H32N2O8S/c1-15(2)13-17-7-9-18(10-8-17)16(3)21(26)33-14-19(23-22(27)30-4)20(25)31-11-5-6-12-32-24(28)29/h7-10,15-16,19H,5-6,11-14H2,1-4H3,(H,23,27). The molecule has 1 aromatic rings. The molecule has 0 radical (unpaired) electrons. The van der Waals surface area contributed by atoms with Gasteiger partial charge < -0.3 is 19.6 Å². The van der Waals surface area contributed by atoms with Crippen LogP contribution in [0.15, 0.2) is 24.3 Å². The normalized spacial score (nSPS) is 12.5. The first-order valence-corrected chi connectivity index (χ1v) is 11.7. The van der Waals surface area contributed by atoms with E-state index in [4.69, 9.17) is 4.74 Å². The van der Waals surface area contributed by atoms with Gasteiger partial charge in [-0.2, -0.15) is 0 Å². The average Bonchev–Trinajstić information content (AvgIpc) is 2.77. The Morgan fingerprint density at radius 1 is 1.09 bits per heavy atom. The van der Waals surface area contributed by atoms with Crippen LogP contribution in [0, 0.1) is 16.0 Å². The van der Waals surface area contributed by atoms with Crippen molar-refractivity contribution in [2.75, 3.05) is 26.1 Å². The summed E-state index contributed by atoms with van der Waals surface area (Å²) in [7, 11) is 1.16. The number of alkyl carbamates (subject to hydrolysis) is 1. The third-order valence-corrected chi connectivity index (χ3v) is 5.75. The quantitative estimate of drug-likeness (QED) is 0.182. The summed E-state index contributed by atoms with van der Waals surface area (Å²) in [5, 5.41) is 11.4. The van der Waals surface area contributed by atoms with Gasteiger partial charge in [0, 0.05) is 5.75 Å². The van der Waals surface area contributed by atoms with Crippen LogP contribution >= 0.6 is 11.8 Å². The second kappa shape index (κ2) is 15.1. The number of hydrogen-bond donors (Lipinski definition) is 1. The SMILES string of the molecule is COC(=O)NC(CSC(=O)C(C)c1ccc(CC(C)C)cc1)C(=O)OCCCCO[N+](=O)[O-]. The van der Waals surface area contributed by atoms with Gasteiger partial charge in [-0.1, -0.05) is 56.8 Å². The van der Waals surface area contributed by atoms with Gasteiger partial charge >= 0.3 is 12.1 Å². The van der Waals surface area contributed by atoms with Gasteiger partial charge in [0.05, 0.1) is 26.2 Å². The number of amides is 1. The minimum absolute atomic E-state index is 0.00297. The van der Waals surface area contributed by atoms with Crippen molar-refractivity contribution < 1.29 is 33.8 Å². The van der Waals surface area contributed by atoms with Gasteiger partial charge in [-0.05, 0) is 36.3 Å². The van der Waals surface area contributed by atoms with Gasteiger partial charge in [-0.3, -0.25) is 4.79 Å². The molecule has 0 saturated carbocycles. The second-order valence-electron chi connectivity index (χ2n) is 7.81. The number of benzene rings is 1. The van der Waals surface area contributed by atoms with Crippen LogP contribution in [0.2, 0.25) is 0 Å². The highest BCUT2D eigenvalue weighted by Crippen LogP contribution is 2.24. The van der Waals surface area contributed by atoms with E-state index >= 15 is 0 Å². The fourth-order valence-corrected chi connectivity index (χ4v) is 3.76. The summed E-state index contributed by atoms with van der Waals surface area (Å²) >= 11 is 0.929. The Hall–Kier alpha value is -2.82. The van der Waals surface area contributed by atoms with Gasteiger partial charge in [0.25, 0.3) is 5.09 Å². The molecule has 0 aliphatic heterocycles. The molecule has 1 N–H and O–H groups in total. The maximum absolute atomic E-state index is 12.7. The predicted molar refractivity (Wildman–Crippen MR) is 123 cm³/mol. The number of rotatable bonds is 14. The molecule has 10 nitrogen and oxygen atoms in total. The molecule has 1 aromatic carbocycles. The number of thioether (sulfide) groups is 1. The molecule has 0 aromatic heterocycles. The maximum Gasteiger partial charge on any atom is 0.407 e. The molecule has 0 aliphatic carbocycles. The molecule has 1 rings (SSSR count). The van der Waals surface area contributed by atoms with E-state index in [2.05, 4.69) is 28.7 Å². The van der Waals surface area contributed by atoms with Crippen LogP contribution < -0.4 is 5.32 Å². The lowest BCUT2D eigenvalue weighted by Gasteiger charge is -2.18. The molecule has 33 heavy (non-hydrogen) atoms. The molecule has 184 valence electrons. The number of carbonyl (C=O) groups excluding carboxylic acids is 3. The topological polar surface area (TPSA) is 134 Å². The number of ether oxygens (including phenoxy) is 2. The average molecular weight is 485 g/mol. The molecule has 0 heterocycles. The Morgan fingerprint density at radius 2 is 1.73 bits per heavy atom. The number of nitrogens with one attached hydrogen (secondary N) is 1. The van der Waals surface area contributed by atoms with Crippen LogP contribution in [0.4, 0.5) is 4.79 Å². The lowest BCUT2D eigenvalue weighted by molar-refractivity contribution is -0.757. The van der Waals surface area contributed by atoms with Crippen molar-refractivity contribution in [3.63, 3.8) is 0 Å². The van der Waals surface area contributed by atoms with Gasteiger partial charge in [-0.15, -0.1) is 10.1 Å². The zero-order valence-electron chi connectivity index (χ0n) is 19.4. The lowest BCUT2D eigenvalue weighted by Crippen LogP contribution is -2.44. The first-order valence-electron chi connectivity index (χ1n) is 10.7.